The average Bonchev–Trinajstić information content (AvgIpc) is 3.55. The van der Waals surface area contributed by atoms with E-state index in [1.807, 2.05) is 11.3 Å². The summed E-state index contributed by atoms with van der Waals surface area (Å²) < 4.78 is 5.15. The molecule has 0 spiro atoms. The number of para-hydroxylation sites is 1. The molecular weight excluding hydrogens is 561 g/mol. The van der Waals surface area contributed by atoms with Gasteiger partial charge in [-0.25, -0.2) is 0 Å². The van der Waals surface area contributed by atoms with Gasteiger partial charge in [-0.1, -0.05) is 123 Å². The van der Waals surface area contributed by atoms with Crippen molar-refractivity contribution in [2.24, 2.45) is 0 Å². The van der Waals surface area contributed by atoms with Crippen LogP contribution in [0.2, 0.25) is 0 Å². The number of nitrogens with zero attached hydrogens (tertiary/aromatic N) is 1. The first-order valence-corrected chi connectivity index (χ1v) is 16.7. The molecule has 1 nitrogen and oxygen atoms in total. The van der Waals surface area contributed by atoms with Crippen LogP contribution in [-0.2, 0) is 0 Å². The Morgan fingerprint density at radius 1 is 0.489 bits per heavy atom. The van der Waals surface area contributed by atoms with E-state index in [2.05, 4.69) is 155 Å². The fourth-order valence-electron chi connectivity index (χ4n) is 8.14. The second kappa shape index (κ2) is 10.5. The van der Waals surface area contributed by atoms with E-state index >= 15 is 0 Å². The van der Waals surface area contributed by atoms with E-state index in [1.165, 1.54) is 97.4 Å². The minimum atomic E-state index is 0.162. The number of aromatic nitrogens is 1. The van der Waals surface area contributed by atoms with Gasteiger partial charge in [-0.2, -0.15) is 0 Å². The molecule has 0 atom stereocenters. The predicted molar refractivity (Wildman–Crippen MR) is 200 cm³/mol. The summed E-state index contributed by atoms with van der Waals surface area (Å²) in [6, 6.07) is 41.1. The van der Waals surface area contributed by atoms with Gasteiger partial charge in [-0.3, -0.25) is 0 Å². The lowest BCUT2D eigenvalue weighted by Crippen LogP contribution is -2.55. The van der Waals surface area contributed by atoms with Crippen LogP contribution in [0.4, 0.5) is 0 Å². The van der Waals surface area contributed by atoms with Crippen molar-refractivity contribution in [1.82, 2.24) is 4.57 Å². The third-order valence-corrected chi connectivity index (χ3v) is 10.9. The van der Waals surface area contributed by atoms with E-state index in [0.717, 1.165) is 0 Å². The zero-order valence-corrected chi connectivity index (χ0v) is 27.6. The van der Waals surface area contributed by atoms with Gasteiger partial charge in [0.2, 0.25) is 6.71 Å². The van der Waals surface area contributed by atoms with E-state index in [1.54, 1.807) is 0 Å². The second-order valence-electron chi connectivity index (χ2n) is 12.9. The Morgan fingerprint density at radius 2 is 1.04 bits per heavy atom. The van der Waals surface area contributed by atoms with Crippen LogP contribution >= 0.6 is 11.3 Å². The Morgan fingerprint density at radius 3 is 1.67 bits per heavy atom. The maximum Gasteiger partial charge on any atom is 0.242 e. The highest BCUT2D eigenvalue weighted by molar-refractivity contribution is 7.26. The standard InChI is InChI=1S/C42H36BNS/c1-25-21-27(3)41(28(4)22-25)43(42-29(5)23-26(2)24-30(42)6)31-15-17-32(18-16-31)44-35-13-9-7-11-33(35)39-36(44)19-20-38-40(39)34-12-8-10-14-37(34)45-38/h7-24H,1-6H3. The smallest absolute Gasteiger partial charge is 0.242 e. The van der Waals surface area contributed by atoms with Crippen LogP contribution in [0.15, 0.2) is 109 Å². The van der Waals surface area contributed by atoms with Gasteiger partial charge >= 0.3 is 0 Å². The summed E-state index contributed by atoms with van der Waals surface area (Å²) in [5, 5.41) is 5.37. The molecule has 3 heteroatoms. The molecule has 2 heterocycles. The molecule has 0 saturated carbocycles. The molecule has 218 valence electrons. The fourth-order valence-corrected chi connectivity index (χ4v) is 9.25. The molecule has 8 rings (SSSR count). The van der Waals surface area contributed by atoms with E-state index < -0.39 is 0 Å². The highest BCUT2D eigenvalue weighted by Crippen LogP contribution is 2.43. The van der Waals surface area contributed by atoms with E-state index in [0.29, 0.717) is 0 Å². The van der Waals surface area contributed by atoms with Crippen LogP contribution in [0.25, 0.3) is 47.7 Å². The van der Waals surface area contributed by atoms with Gasteiger partial charge in [-0.05, 0) is 77.9 Å². The summed E-state index contributed by atoms with van der Waals surface area (Å²) >= 11 is 1.89. The zero-order chi connectivity index (χ0) is 31.0. The molecule has 0 aliphatic rings. The van der Waals surface area contributed by atoms with Gasteiger partial charge in [0.25, 0.3) is 0 Å². The van der Waals surface area contributed by atoms with Crippen LogP contribution in [0, 0.1) is 41.5 Å². The van der Waals surface area contributed by atoms with Crippen molar-refractivity contribution in [2.75, 3.05) is 0 Å². The van der Waals surface area contributed by atoms with Crippen molar-refractivity contribution in [3.8, 4) is 5.69 Å². The zero-order valence-electron chi connectivity index (χ0n) is 26.8. The SMILES string of the molecule is Cc1cc(C)c(B(c2ccc(-n3c4ccccc4c4c5c(ccc43)sc3ccccc35)cc2)c2c(C)cc(C)cc2C)c(C)c1. The Balaban J connectivity index is 1.36. The van der Waals surface area contributed by atoms with Gasteiger partial charge in [0.05, 0.1) is 11.0 Å². The van der Waals surface area contributed by atoms with Gasteiger partial charge in [0.15, 0.2) is 0 Å². The number of hydrogen-bond donors (Lipinski definition) is 0. The van der Waals surface area contributed by atoms with Gasteiger partial charge in [0, 0.05) is 36.6 Å². The lowest BCUT2D eigenvalue weighted by Gasteiger charge is -2.25. The van der Waals surface area contributed by atoms with E-state index in [-0.39, 0.29) is 6.71 Å². The maximum absolute atomic E-state index is 2.46. The molecule has 0 radical (unpaired) electrons. The third-order valence-electron chi connectivity index (χ3n) is 9.71. The van der Waals surface area contributed by atoms with Gasteiger partial charge in [-0.15, -0.1) is 11.3 Å². The highest BCUT2D eigenvalue weighted by atomic mass is 32.1. The Kier molecular flexibility index (Phi) is 6.51. The Hall–Kier alpha value is -4.60. The Bertz CT molecular complexity index is 2340. The fraction of sp³-hybridized carbons (Fsp3) is 0.143. The monoisotopic (exact) mass is 597 g/mol. The first-order chi connectivity index (χ1) is 21.8. The molecule has 0 N–H and O–H groups in total. The molecule has 0 aliphatic carbocycles. The van der Waals surface area contributed by atoms with Crippen molar-refractivity contribution >= 4 is 76.4 Å². The van der Waals surface area contributed by atoms with Crippen molar-refractivity contribution in [2.45, 2.75) is 41.5 Å². The van der Waals surface area contributed by atoms with Crippen LogP contribution in [0.1, 0.15) is 33.4 Å². The quantitative estimate of drug-likeness (QED) is 0.178. The molecule has 0 fully saturated rings. The number of thiophene rings is 1. The third kappa shape index (κ3) is 4.36. The summed E-state index contributed by atoms with van der Waals surface area (Å²) in [5.74, 6) is 0. The van der Waals surface area contributed by atoms with Crippen molar-refractivity contribution in [3.63, 3.8) is 0 Å². The van der Waals surface area contributed by atoms with E-state index in [4.69, 9.17) is 0 Å². The van der Waals surface area contributed by atoms with Crippen molar-refractivity contribution in [1.29, 1.82) is 0 Å². The maximum atomic E-state index is 2.46. The van der Waals surface area contributed by atoms with Crippen LogP contribution in [-0.4, -0.2) is 11.3 Å². The lowest BCUT2D eigenvalue weighted by molar-refractivity contribution is 1.18. The van der Waals surface area contributed by atoms with Crippen LogP contribution in [0.3, 0.4) is 0 Å². The molecule has 45 heavy (non-hydrogen) atoms. The lowest BCUT2D eigenvalue weighted by atomic mass is 9.34. The first kappa shape index (κ1) is 27.9. The predicted octanol–water partition coefficient (Wildman–Crippen LogP) is 9.52. The minimum Gasteiger partial charge on any atom is -0.309 e. The summed E-state index contributed by atoms with van der Waals surface area (Å²) in [7, 11) is 0. The number of benzene rings is 6. The van der Waals surface area contributed by atoms with E-state index in [9.17, 15) is 0 Å². The summed E-state index contributed by atoms with van der Waals surface area (Å²) in [6.45, 7) is 13.7. The van der Waals surface area contributed by atoms with Crippen LogP contribution < -0.4 is 16.4 Å². The molecule has 0 saturated heterocycles. The van der Waals surface area contributed by atoms with Gasteiger partial charge in [0.1, 0.15) is 0 Å². The molecule has 0 bridgehead atoms. The molecule has 6 aromatic carbocycles. The minimum absolute atomic E-state index is 0.162. The summed E-state index contributed by atoms with van der Waals surface area (Å²) in [4.78, 5) is 0. The molecule has 0 aliphatic heterocycles. The molecule has 8 aromatic rings. The number of rotatable bonds is 4. The topological polar surface area (TPSA) is 4.93 Å². The number of aryl methyl sites for hydroxylation is 6. The van der Waals surface area contributed by atoms with Crippen molar-refractivity contribution < 1.29 is 0 Å². The largest absolute Gasteiger partial charge is 0.309 e. The molecule has 2 aromatic heterocycles. The van der Waals surface area contributed by atoms with Crippen molar-refractivity contribution in [3.05, 3.63) is 143 Å². The van der Waals surface area contributed by atoms with Gasteiger partial charge < -0.3 is 4.57 Å². The summed E-state index contributed by atoms with van der Waals surface area (Å²) in [6.07, 6.45) is 0. The second-order valence-corrected chi connectivity index (χ2v) is 14.0. The molecule has 0 unspecified atom stereocenters. The van der Waals surface area contributed by atoms with Crippen LogP contribution in [0.5, 0.6) is 0 Å². The number of fused-ring (bicyclic) bond motifs is 7. The first-order valence-electron chi connectivity index (χ1n) is 15.9. The molecular formula is C42H36BNS. The average molecular weight is 598 g/mol. The summed E-state index contributed by atoms with van der Waals surface area (Å²) in [5.41, 5.74) is 15.9. The normalized spacial score (nSPS) is 11.8. The molecule has 0 amide bonds. The highest BCUT2D eigenvalue weighted by Gasteiger charge is 2.28. The Labute approximate surface area is 269 Å². The number of hydrogen-bond acceptors (Lipinski definition) is 1.